The minimum atomic E-state index is -0.462. The summed E-state index contributed by atoms with van der Waals surface area (Å²) >= 11 is 6.07. The number of halogens is 2. The Bertz CT molecular complexity index is 1030. The van der Waals surface area contributed by atoms with Crippen LogP contribution in [0.5, 0.6) is 0 Å². The molecule has 1 fully saturated rings. The number of rotatable bonds is 3. The van der Waals surface area contributed by atoms with E-state index in [1.54, 1.807) is 6.07 Å². The van der Waals surface area contributed by atoms with Gasteiger partial charge in [0.15, 0.2) is 0 Å². The van der Waals surface area contributed by atoms with E-state index in [9.17, 15) is 9.65 Å². The van der Waals surface area contributed by atoms with Crippen LogP contribution < -0.4 is 4.90 Å². The highest BCUT2D eigenvalue weighted by atomic mass is 35.5. The summed E-state index contributed by atoms with van der Waals surface area (Å²) in [6, 6.07) is 12.5. The summed E-state index contributed by atoms with van der Waals surface area (Å²) in [6.07, 6.45) is 0. The third-order valence-corrected chi connectivity index (χ3v) is 5.35. The van der Waals surface area contributed by atoms with Crippen molar-refractivity contribution >= 4 is 28.3 Å². The molecule has 0 amide bonds. The lowest BCUT2D eigenvalue weighted by atomic mass is 10.1. The zero-order valence-corrected chi connectivity index (χ0v) is 15.7. The fourth-order valence-electron chi connectivity index (χ4n) is 3.60. The molecule has 2 aromatic carbocycles. The van der Waals surface area contributed by atoms with Crippen molar-refractivity contribution in [3.63, 3.8) is 0 Å². The van der Waals surface area contributed by atoms with E-state index in [2.05, 4.69) is 14.4 Å². The average Bonchev–Trinajstić information content (AvgIpc) is 2.97. The lowest BCUT2D eigenvalue weighted by Gasteiger charge is -2.36. The van der Waals surface area contributed by atoms with Crippen LogP contribution >= 0.6 is 11.6 Å². The van der Waals surface area contributed by atoms with E-state index < -0.39 is 5.82 Å². The molecule has 0 radical (unpaired) electrons. The smallest absolute Gasteiger partial charge is 0.143 e. The zero-order chi connectivity index (χ0) is 19.0. The van der Waals surface area contributed by atoms with E-state index in [0.29, 0.717) is 10.7 Å². The number of nitrogens with zero attached hydrogens (tertiary/aromatic N) is 5. The van der Waals surface area contributed by atoms with Crippen molar-refractivity contribution in [1.82, 2.24) is 14.5 Å². The van der Waals surface area contributed by atoms with E-state index in [4.69, 9.17) is 16.6 Å². The van der Waals surface area contributed by atoms with E-state index in [0.717, 1.165) is 49.6 Å². The van der Waals surface area contributed by atoms with Crippen molar-refractivity contribution < 1.29 is 4.39 Å². The first kappa shape index (κ1) is 17.8. The van der Waals surface area contributed by atoms with Crippen LogP contribution in [0.4, 0.5) is 10.1 Å². The molecule has 1 saturated heterocycles. The maximum Gasteiger partial charge on any atom is 0.143 e. The molecule has 0 saturated carbocycles. The molecular formula is C20H19ClFN5. The van der Waals surface area contributed by atoms with Gasteiger partial charge < -0.3 is 9.47 Å². The van der Waals surface area contributed by atoms with Gasteiger partial charge in [0.05, 0.1) is 23.3 Å². The number of fused-ring (bicyclic) bond motifs is 1. The topological polar surface area (TPSA) is 48.1 Å². The minimum absolute atomic E-state index is 0.123. The summed E-state index contributed by atoms with van der Waals surface area (Å²) in [6.45, 7) is 3.88. The first-order chi connectivity index (χ1) is 13.1. The predicted octanol–water partition coefficient (Wildman–Crippen LogP) is 3.56. The molecule has 138 valence electrons. The van der Waals surface area contributed by atoms with Crippen LogP contribution in [0.1, 0.15) is 11.4 Å². The van der Waals surface area contributed by atoms with Crippen LogP contribution in [-0.2, 0) is 13.6 Å². The van der Waals surface area contributed by atoms with Gasteiger partial charge in [0.25, 0.3) is 0 Å². The standard InChI is InChI=1S/C20H19ClFN5/c1-25-19-6-5-14(21)11-17(19)24-20(25)13-26-7-9-27(10-8-26)18-4-2-3-16(22)15(18)12-23/h2-6,11H,7-10,13H2,1H3. The number of anilines is 1. The van der Waals surface area contributed by atoms with Gasteiger partial charge in [0.2, 0.25) is 0 Å². The summed E-state index contributed by atoms with van der Waals surface area (Å²) < 4.78 is 16.0. The number of aromatic nitrogens is 2. The fourth-order valence-corrected chi connectivity index (χ4v) is 3.76. The zero-order valence-electron chi connectivity index (χ0n) is 15.0. The number of aryl methyl sites for hydroxylation is 1. The Morgan fingerprint density at radius 2 is 1.96 bits per heavy atom. The molecule has 5 nitrogen and oxygen atoms in total. The van der Waals surface area contributed by atoms with E-state index in [1.165, 1.54) is 6.07 Å². The summed E-state index contributed by atoms with van der Waals surface area (Å²) in [5.41, 5.74) is 2.76. The van der Waals surface area contributed by atoms with Gasteiger partial charge in [-0.2, -0.15) is 5.26 Å². The Kier molecular flexibility index (Phi) is 4.73. The van der Waals surface area contributed by atoms with Gasteiger partial charge in [0.1, 0.15) is 23.3 Å². The van der Waals surface area contributed by atoms with Crippen LogP contribution in [-0.4, -0.2) is 40.6 Å². The van der Waals surface area contributed by atoms with Gasteiger partial charge >= 0.3 is 0 Å². The van der Waals surface area contributed by atoms with Crippen LogP contribution in [0.3, 0.4) is 0 Å². The lowest BCUT2D eigenvalue weighted by Crippen LogP contribution is -2.46. The maximum atomic E-state index is 13.9. The molecule has 7 heteroatoms. The van der Waals surface area contributed by atoms with E-state index in [1.807, 2.05) is 37.4 Å². The van der Waals surface area contributed by atoms with E-state index in [-0.39, 0.29) is 5.56 Å². The Balaban J connectivity index is 1.47. The summed E-state index contributed by atoms with van der Waals surface area (Å²) in [4.78, 5) is 9.11. The number of hydrogen-bond donors (Lipinski definition) is 0. The van der Waals surface area contributed by atoms with Crippen LogP contribution in [0, 0.1) is 17.1 Å². The van der Waals surface area contributed by atoms with Crippen molar-refractivity contribution in [2.45, 2.75) is 6.54 Å². The van der Waals surface area contributed by atoms with Gasteiger partial charge in [-0.15, -0.1) is 0 Å². The van der Waals surface area contributed by atoms with Crippen LogP contribution in [0.2, 0.25) is 5.02 Å². The largest absolute Gasteiger partial charge is 0.368 e. The average molecular weight is 384 g/mol. The molecule has 0 aliphatic carbocycles. The molecule has 1 aliphatic rings. The Morgan fingerprint density at radius 1 is 1.19 bits per heavy atom. The van der Waals surface area contributed by atoms with Gasteiger partial charge in [-0.1, -0.05) is 17.7 Å². The highest BCUT2D eigenvalue weighted by Gasteiger charge is 2.22. The minimum Gasteiger partial charge on any atom is -0.368 e. The summed E-state index contributed by atoms with van der Waals surface area (Å²) in [5.74, 6) is 0.528. The summed E-state index contributed by atoms with van der Waals surface area (Å²) in [7, 11) is 2.01. The number of piperazine rings is 1. The van der Waals surface area contributed by atoms with Gasteiger partial charge in [0, 0.05) is 38.2 Å². The molecule has 1 aromatic heterocycles. The molecule has 0 atom stereocenters. The Morgan fingerprint density at radius 3 is 2.70 bits per heavy atom. The van der Waals surface area contributed by atoms with Crippen molar-refractivity contribution in [2.75, 3.05) is 31.1 Å². The summed E-state index contributed by atoms with van der Waals surface area (Å²) in [5, 5.41) is 9.93. The highest BCUT2D eigenvalue weighted by Crippen LogP contribution is 2.25. The molecule has 27 heavy (non-hydrogen) atoms. The predicted molar refractivity (Wildman–Crippen MR) is 104 cm³/mol. The first-order valence-electron chi connectivity index (χ1n) is 8.83. The normalized spacial score (nSPS) is 15.3. The molecule has 4 rings (SSSR count). The molecule has 0 unspecified atom stereocenters. The SMILES string of the molecule is Cn1c(CN2CCN(c3cccc(F)c3C#N)CC2)nc2cc(Cl)ccc21. The van der Waals surface area contributed by atoms with Crippen molar-refractivity contribution in [1.29, 1.82) is 5.26 Å². The molecule has 1 aliphatic heterocycles. The molecule has 3 aromatic rings. The Hall–Kier alpha value is -2.62. The first-order valence-corrected chi connectivity index (χ1v) is 9.21. The van der Waals surface area contributed by atoms with Gasteiger partial charge in [-0.05, 0) is 30.3 Å². The third kappa shape index (κ3) is 3.36. The molecule has 0 spiro atoms. The fraction of sp³-hybridized carbons (Fsp3) is 0.300. The number of hydrogen-bond acceptors (Lipinski definition) is 4. The van der Waals surface area contributed by atoms with Crippen molar-refractivity contribution in [3.05, 3.63) is 58.6 Å². The monoisotopic (exact) mass is 383 g/mol. The van der Waals surface area contributed by atoms with Crippen molar-refractivity contribution in [2.24, 2.45) is 7.05 Å². The Labute approximate surface area is 162 Å². The molecule has 0 N–H and O–H groups in total. The molecule has 2 heterocycles. The third-order valence-electron chi connectivity index (χ3n) is 5.12. The van der Waals surface area contributed by atoms with E-state index >= 15 is 0 Å². The van der Waals surface area contributed by atoms with Crippen LogP contribution in [0.15, 0.2) is 36.4 Å². The number of benzene rings is 2. The molecule has 0 bridgehead atoms. The second-order valence-electron chi connectivity index (χ2n) is 6.73. The quantitative estimate of drug-likeness (QED) is 0.693. The maximum absolute atomic E-state index is 13.9. The van der Waals surface area contributed by atoms with Crippen LogP contribution in [0.25, 0.3) is 11.0 Å². The van der Waals surface area contributed by atoms with Crippen molar-refractivity contribution in [3.8, 4) is 6.07 Å². The highest BCUT2D eigenvalue weighted by molar-refractivity contribution is 6.31. The lowest BCUT2D eigenvalue weighted by molar-refractivity contribution is 0.242. The number of nitriles is 1. The second-order valence-corrected chi connectivity index (χ2v) is 7.17. The number of imidazole rings is 1. The van der Waals surface area contributed by atoms with Gasteiger partial charge in [-0.3, -0.25) is 4.90 Å². The molecular weight excluding hydrogens is 365 g/mol. The van der Waals surface area contributed by atoms with Gasteiger partial charge in [-0.25, -0.2) is 9.37 Å². The second kappa shape index (κ2) is 7.18.